The molecule has 0 aliphatic heterocycles. The van der Waals surface area contributed by atoms with Crippen molar-refractivity contribution in [2.45, 2.75) is 40.0 Å². The van der Waals surface area contributed by atoms with Gasteiger partial charge in [0.05, 0.1) is 22.7 Å². The van der Waals surface area contributed by atoms with Crippen molar-refractivity contribution < 1.29 is 4.74 Å². The fourth-order valence-corrected chi connectivity index (χ4v) is 3.26. The third-order valence-corrected chi connectivity index (χ3v) is 4.85. The van der Waals surface area contributed by atoms with E-state index in [0.717, 1.165) is 17.8 Å². The van der Waals surface area contributed by atoms with E-state index in [4.69, 9.17) is 16.3 Å². The fourth-order valence-electron chi connectivity index (χ4n) is 2.15. The number of rotatable bonds is 5. The highest BCUT2D eigenvalue weighted by Gasteiger charge is 2.26. The molecule has 8 heteroatoms. The van der Waals surface area contributed by atoms with Gasteiger partial charge in [-0.25, -0.2) is 4.99 Å². The van der Waals surface area contributed by atoms with Gasteiger partial charge in [-0.1, -0.05) is 32.4 Å². The van der Waals surface area contributed by atoms with E-state index in [1.165, 1.54) is 11.5 Å². The number of aliphatic imine (C=N–C) groups is 1. The van der Waals surface area contributed by atoms with Crippen LogP contribution in [0.2, 0.25) is 5.02 Å². The Hall–Kier alpha value is -1.81. The molecule has 0 saturated heterocycles. The molecule has 146 valence electrons. The summed E-state index contributed by atoms with van der Waals surface area (Å²) in [4.78, 5) is 6.37. The SMILES string of the molecule is CCN(C)C=Nc1cc(C)c(Oc2snc(C(C)(C)C)c2C#N)cc1Cl.Cl. The van der Waals surface area contributed by atoms with E-state index in [1.54, 1.807) is 12.4 Å². The summed E-state index contributed by atoms with van der Waals surface area (Å²) in [5.41, 5.74) is 2.56. The van der Waals surface area contributed by atoms with Gasteiger partial charge in [-0.2, -0.15) is 9.64 Å². The van der Waals surface area contributed by atoms with Crippen LogP contribution in [0.4, 0.5) is 5.69 Å². The Morgan fingerprint density at radius 1 is 1.41 bits per heavy atom. The Balaban J connectivity index is 0.00000364. The Labute approximate surface area is 176 Å². The lowest BCUT2D eigenvalue weighted by Gasteiger charge is -2.15. The first-order valence-corrected chi connectivity index (χ1v) is 9.45. The predicted octanol–water partition coefficient (Wildman–Crippen LogP) is 6.10. The highest BCUT2D eigenvalue weighted by molar-refractivity contribution is 7.08. The van der Waals surface area contributed by atoms with Crippen molar-refractivity contribution in [2.75, 3.05) is 13.6 Å². The normalized spacial score (nSPS) is 11.2. The monoisotopic (exact) mass is 426 g/mol. The quantitative estimate of drug-likeness (QED) is 0.427. The van der Waals surface area contributed by atoms with Crippen molar-refractivity contribution >= 4 is 47.6 Å². The summed E-state index contributed by atoms with van der Waals surface area (Å²) in [5, 5.41) is 10.5. The van der Waals surface area contributed by atoms with Gasteiger partial charge in [0.1, 0.15) is 17.4 Å². The molecule has 0 radical (unpaired) electrons. The van der Waals surface area contributed by atoms with Gasteiger partial charge < -0.3 is 9.64 Å². The Bertz CT molecular complexity index is 866. The zero-order valence-electron chi connectivity index (χ0n) is 16.3. The number of hydrogen-bond donors (Lipinski definition) is 0. The number of aromatic nitrogens is 1. The van der Waals surface area contributed by atoms with Crippen LogP contribution in [-0.2, 0) is 5.41 Å². The number of halogens is 2. The molecule has 0 bridgehead atoms. The van der Waals surface area contributed by atoms with Crippen molar-refractivity contribution in [2.24, 2.45) is 4.99 Å². The number of hydrogen-bond acceptors (Lipinski definition) is 5. The van der Waals surface area contributed by atoms with Crippen molar-refractivity contribution in [3.8, 4) is 16.9 Å². The largest absolute Gasteiger partial charge is 0.443 e. The van der Waals surface area contributed by atoms with Crippen molar-refractivity contribution in [1.29, 1.82) is 5.26 Å². The molecule has 0 N–H and O–H groups in total. The number of nitrogens with zero attached hydrogens (tertiary/aromatic N) is 4. The molecule has 0 saturated carbocycles. The molecule has 1 heterocycles. The van der Waals surface area contributed by atoms with Crippen LogP contribution >= 0.6 is 35.5 Å². The maximum Gasteiger partial charge on any atom is 0.218 e. The second-order valence-corrected chi connectivity index (χ2v) is 8.19. The van der Waals surface area contributed by atoms with Gasteiger partial charge in [0.25, 0.3) is 0 Å². The summed E-state index contributed by atoms with van der Waals surface area (Å²) < 4.78 is 10.4. The summed E-state index contributed by atoms with van der Waals surface area (Å²) in [6, 6.07) is 5.82. The van der Waals surface area contributed by atoms with Crippen LogP contribution in [0.3, 0.4) is 0 Å². The molecule has 2 aromatic rings. The zero-order chi connectivity index (χ0) is 19.5. The Morgan fingerprint density at radius 3 is 2.63 bits per heavy atom. The lowest BCUT2D eigenvalue weighted by Crippen LogP contribution is -2.14. The molecule has 0 unspecified atom stereocenters. The minimum absolute atomic E-state index is 0. The van der Waals surface area contributed by atoms with Crippen LogP contribution in [0.15, 0.2) is 17.1 Å². The highest BCUT2D eigenvalue weighted by atomic mass is 35.5. The maximum absolute atomic E-state index is 9.53. The Morgan fingerprint density at radius 2 is 2.07 bits per heavy atom. The molecular formula is C19H24Cl2N4OS. The van der Waals surface area contributed by atoms with Crippen molar-refractivity contribution in [3.05, 3.63) is 34.0 Å². The molecule has 5 nitrogen and oxygen atoms in total. The van der Waals surface area contributed by atoms with E-state index in [0.29, 0.717) is 27.1 Å². The van der Waals surface area contributed by atoms with E-state index in [2.05, 4.69) is 15.4 Å². The van der Waals surface area contributed by atoms with Gasteiger partial charge in [0.15, 0.2) is 0 Å². The van der Waals surface area contributed by atoms with E-state index in [-0.39, 0.29) is 17.8 Å². The van der Waals surface area contributed by atoms with Gasteiger partial charge in [-0.3, -0.25) is 0 Å². The number of nitriles is 1. The molecule has 1 aromatic heterocycles. The average Bonchev–Trinajstić information content (AvgIpc) is 2.99. The molecule has 27 heavy (non-hydrogen) atoms. The Kier molecular flexibility index (Phi) is 8.09. The minimum Gasteiger partial charge on any atom is -0.443 e. The molecule has 0 aliphatic rings. The molecule has 0 amide bonds. The smallest absolute Gasteiger partial charge is 0.218 e. The number of aryl methyl sites for hydroxylation is 1. The van der Waals surface area contributed by atoms with Gasteiger partial charge >= 0.3 is 0 Å². The van der Waals surface area contributed by atoms with Gasteiger partial charge in [0.2, 0.25) is 5.06 Å². The minimum atomic E-state index is -0.222. The first-order valence-electron chi connectivity index (χ1n) is 8.30. The third kappa shape index (κ3) is 5.58. The summed E-state index contributed by atoms with van der Waals surface area (Å²) in [6.07, 6.45) is 1.74. The van der Waals surface area contributed by atoms with E-state index < -0.39 is 0 Å². The highest BCUT2D eigenvalue weighted by Crippen LogP contribution is 2.40. The van der Waals surface area contributed by atoms with Gasteiger partial charge in [-0.15, -0.1) is 12.4 Å². The van der Waals surface area contributed by atoms with Crippen LogP contribution in [0.5, 0.6) is 10.8 Å². The van der Waals surface area contributed by atoms with Crippen LogP contribution in [-0.4, -0.2) is 29.2 Å². The fraction of sp³-hybridized carbons (Fsp3) is 0.421. The van der Waals surface area contributed by atoms with Crippen LogP contribution < -0.4 is 4.74 Å². The second kappa shape index (κ2) is 9.41. The average molecular weight is 427 g/mol. The molecular weight excluding hydrogens is 403 g/mol. The number of ether oxygens (including phenoxy) is 1. The summed E-state index contributed by atoms with van der Waals surface area (Å²) >= 11 is 7.54. The summed E-state index contributed by atoms with van der Waals surface area (Å²) in [5.74, 6) is 0.596. The number of benzene rings is 1. The van der Waals surface area contributed by atoms with Gasteiger partial charge in [-0.05, 0) is 25.5 Å². The summed E-state index contributed by atoms with van der Waals surface area (Å²) in [7, 11) is 1.95. The van der Waals surface area contributed by atoms with Crippen LogP contribution in [0.25, 0.3) is 0 Å². The molecule has 0 aliphatic carbocycles. The topological polar surface area (TPSA) is 61.5 Å². The maximum atomic E-state index is 9.53. The molecule has 0 spiro atoms. The first-order chi connectivity index (χ1) is 12.2. The van der Waals surface area contributed by atoms with Crippen molar-refractivity contribution in [1.82, 2.24) is 9.27 Å². The van der Waals surface area contributed by atoms with Crippen LogP contribution in [0.1, 0.15) is 44.5 Å². The molecule has 2 rings (SSSR count). The first kappa shape index (κ1) is 23.2. The van der Waals surface area contributed by atoms with Gasteiger partial charge in [0, 0.05) is 36.6 Å². The predicted molar refractivity (Wildman–Crippen MR) is 115 cm³/mol. The third-order valence-electron chi connectivity index (χ3n) is 3.82. The molecule has 1 aromatic carbocycles. The lowest BCUT2D eigenvalue weighted by molar-refractivity contribution is 0.488. The second-order valence-electron chi connectivity index (χ2n) is 7.04. The lowest BCUT2D eigenvalue weighted by atomic mass is 9.90. The van der Waals surface area contributed by atoms with E-state index in [1.807, 2.05) is 52.6 Å². The van der Waals surface area contributed by atoms with Crippen molar-refractivity contribution in [3.63, 3.8) is 0 Å². The van der Waals surface area contributed by atoms with Crippen LogP contribution in [0, 0.1) is 18.3 Å². The molecule has 0 fully saturated rings. The zero-order valence-corrected chi connectivity index (χ0v) is 18.7. The summed E-state index contributed by atoms with van der Waals surface area (Å²) in [6.45, 7) is 10.9. The van der Waals surface area contributed by atoms with E-state index >= 15 is 0 Å². The standard InChI is InChI=1S/C19H23ClN4OS.ClH/c1-7-24(6)11-22-15-8-12(2)16(9-14(15)20)25-18-13(10-21)17(23-26-18)19(3,4)5;/h8-9,11H,7H2,1-6H3;1H. The van der Waals surface area contributed by atoms with E-state index in [9.17, 15) is 5.26 Å². The molecule has 0 atom stereocenters.